The summed E-state index contributed by atoms with van der Waals surface area (Å²) < 4.78 is 45.0. The Kier molecular flexibility index (Phi) is 5.38. The number of carbonyl (C=O) groups is 1. The van der Waals surface area contributed by atoms with Crippen LogP contribution in [0.1, 0.15) is 64.7 Å². The van der Waals surface area contributed by atoms with Crippen LogP contribution in [-0.4, -0.2) is 42.8 Å². The Morgan fingerprint density at radius 3 is 2.44 bits per heavy atom. The molecule has 3 aliphatic carbocycles. The third-order valence-corrected chi connectivity index (χ3v) is 6.95. The summed E-state index contributed by atoms with van der Waals surface area (Å²) in [7, 11) is 1.80. The number of carbonyl (C=O) groups excluding carboxylic acids is 1. The molecule has 1 amide bonds. The van der Waals surface area contributed by atoms with E-state index in [0.717, 1.165) is 32.1 Å². The normalized spacial score (nSPS) is 34.8. The summed E-state index contributed by atoms with van der Waals surface area (Å²) in [5.41, 5.74) is 0.0402. The lowest BCUT2D eigenvalue weighted by molar-refractivity contribution is -0.191. The van der Waals surface area contributed by atoms with Crippen LogP contribution >= 0.6 is 0 Å². The Bertz CT molecular complexity index is 488. The molecule has 3 nitrogen and oxygen atoms in total. The molecule has 6 heteroatoms. The van der Waals surface area contributed by atoms with E-state index in [-0.39, 0.29) is 36.3 Å². The van der Waals surface area contributed by atoms with Crippen LogP contribution in [0.3, 0.4) is 0 Å². The fourth-order valence-electron chi connectivity index (χ4n) is 5.55. The molecular formula is C19H30F3NO2. The first kappa shape index (κ1) is 19.0. The lowest BCUT2D eigenvalue weighted by atomic mass is 9.59. The molecule has 0 heterocycles. The zero-order valence-electron chi connectivity index (χ0n) is 15.3. The van der Waals surface area contributed by atoms with Crippen LogP contribution in [0.4, 0.5) is 13.2 Å². The second-order valence-corrected chi connectivity index (χ2v) is 8.19. The number of rotatable bonds is 4. The number of hydrogen-bond acceptors (Lipinski definition) is 2. The van der Waals surface area contributed by atoms with Gasteiger partial charge in [0.25, 0.3) is 0 Å². The van der Waals surface area contributed by atoms with Crippen LogP contribution in [0.2, 0.25) is 0 Å². The average Bonchev–Trinajstić information content (AvgIpc) is 3.09. The molecule has 0 N–H and O–H groups in total. The van der Waals surface area contributed by atoms with Gasteiger partial charge in [0, 0.05) is 31.0 Å². The molecule has 0 saturated heterocycles. The standard InChI is InChI=1S/C19H30F3NO2/c1-3-25-16-12-15(18(16)9-4-5-10-18)23(2)17(24)13-7-6-8-14(11-13)19(20,21)22/h13-16H,3-12H2,1-2H3/t13-,14+,15-,16+/m0/s1. The third-order valence-electron chi connectivity index (χ3n) is 6.95. The van der Waals surface area contributed by atoms with Gasteiger partial charge in [-0.15, -0.1) is 0 Å². The third kappa shape index (κ3) is 3.43. The molecule has 3 rings (SSSR count). The van der Waals surface area contributed by atoms with Crippen molar-refractivity contribution in [2.24, 2.45) is 17.3 Å². The summed E-state index contributed by atoms with van der Waals surface area (Å²) in [6.45, 7) is 2.66. The van der Waals surface area contributed by atoms with Gasteiger partial charge in [-0.3, -0.25) is 4.79 Å². The SMILES string of the molecule is CCO[C@@H]1C[C@H](N(C)C(=O)[C@H]2CCC[C@@H](C(F)(F)F)C2)C12CCCC2. The van der Waals surface area contributed by atoms with E-state index < -0.39 is 18.0 Å². The Hall–Kier alpha value is -0.780. The molecule has 0 aromatic carbocycles. The van der Waals surface area contributed by atoms with Gasteiger partial charge in [-0.05, 0) is 45.4 Å². The fourth-order valence-corrected chi connectivity index (χ4v) is 5.55. The molecule has 1 spiro atoms. The van der Waals surface area contributed by atoms with Crippen molar-refractivity contribution in [2.75, 3.05) is 13.7 Å². The first-order valence-corrected chi connectivity index (χ1v) is 9.74. The zero-order valence-corrected chi connectivity index (χ0v) is 15.3. The molecular weight excluding hydrogens is 331 g/mol. The highest BCUT2D eigenvalue weighted by atomic mass is 19.4. The molecule has 25 heavy (non-hydrogen) atoms. The minimum absolute atomic E-state index is 0.0402. The Morgan fingerprint density at radius 2 is 1.84 bits per heavy atom. The maximum absolute atomic E-state index is 13.1. The van der Waals surface area contributed by atoms with Gasteiger partial charge in [-0.1, -0.05) is 19.3 Å². The van der Waals surface area contributed by atoms with Crippen LogP contribution in [0, 0.1) is 17.3 Å². The summed E-state index contributed by atoms with van der Waals surface area (Å²) in [5, 5.41) is 0. The number of nitrogens with zero attached hydrogens (tertiary/aromatic N) is 1. The van der Waals surface area contributed by atoms with Crippen molar-refractivity contribution in [1.29, 1.82) is 0 Å². The molecule has 3 aliphatic rings. The number of ether oxygens (including phenoxy) is 1. The van der Waals surface area contributed by atoms with E-state index in [1.807, 2.05) is 6.92 Å². The van der Waals surface area contributed by atoms with Gasteiger partial charge in [-0.2, -0.15) is 13.2 Å². The second-order valence-electron chi connectivity index (χ2n) is 8.19. The maximum Gasteiger partial charge on any atom is 0.391 e. The quantitative estimate of drug-likeness (QED) is 0.735. The molecule has 0 radical (unpaired) electrons. The van der Waals surface area contributed by atoms with Gasteiger partial charge in [0.2, 0.25) is 5.91 Å². The predicted octanol–water partition coefficient (Wildman–Crippen LogP) is 4.55. The molecule has 0 aromatic heterocycles. The smallest absolute Gasteiger partial charge is 0.378 e. The highest BCUT2D eigenvalue weighted by Gasteiger charge is 2.59. The fraction of sp³-hybridized carbons (Fsp3) is 0.947. The highest BCUT2D eigenvalue weighted by molar-refractivity contribution is 5.79. The molecule has 0 aromatic rings. The molecule has 144 valence electrons. The van der Waals surface area contributed by atoms with Crippen LogP contribution in [0.15, 0.2) is 0 Å². The summed E-state index contributed by atoms with van der Waals surface area (Å²) >= 11 is 0. The Labute approximate surface area is 148 Å². The van der Waals surface area contributed by atoms with Gasteiger partial charge < -0.3 is 9.64 Å². The minimum Gasteiger partial charge on any atom is -0.378 e. The summed E-state index contributed by atoms with van der Waals surface area (Å²) in [6, 6.07) is 0.130. The summed E-state index contributed by atoms with van der Waals surface area (Å²) in [4.78, 5) is 14.7. The van der Waals surface area contributed by atoms with E-state index in [4.69, 9.17) is 4.74 Å². The van der Waals surface area contributed by atoms with Gasteiger partial charge in [0.15, 0.2) is 0 Å². The van der Waals surface area contributed by atoms with E-state index in [2.05, 4.69) is 0 Å². The van der Waals surface area contributed by atoms with Crippen LogP contribution < -0.4 is 0 Å². The number of halogens is 3. The molecule has 4 atom stereocenters. The van der Waals surface area contributed by atoms with Crippen molar-refractivity contribution in [3.63, 3.8) is 0 Å². The van der Waals surface area contributed by atoms with Crippen molar-refractivity contribution in [1.82, 2.24) is 4.90 Å². The van der Waals surface area contributed by atoms with Gasteiger partial charge >= 0.3 is 6.18 Å². The number of amides is 1. The largest absolute Gasteiger partial charge is 0.391 e. The van der Waals surface area contributed by atoms with Crippen molar-refractivity contribution in [3.8, 4) is 0 Å². The zero-order chi connectivity index (χ0) is 18.2. The number of alkyl halides is 3. The first-order chi connectivity index (χ1) is 11.8. The Morgan fingerprint density at radius 1 is 1.16 bits per heavy atom. The second kappa shape index (κ2) is 7.09. The van der Waals surface area contributed by atoms with E-state index in [9.17, 15) is 18.0 Å². The monoisotopic (exact) mass is 361 g/mol. The topological polar surface area (TPSA) is 29.5 Å². The first-order valence-electron chi connectivity index (χ1n) is 9.74. The molecule has 0 unspecified atom stereocenters. The van der Waals surface area contributed by atoms with Crippen LogP contribution in [0.25, 0.3) is 0 Å². The molecule has 3 fully saturated rings. The lowest BCUT2D eigenvalue weighted by Gasteiger charge is -2.57. The summed E-state index contributed by atoms with van der Waals surface area (Å²) in [6.07, 6.45) is 2.49. The van der Waals surface area contributed by atoms with Crippen LogP contribution in [-0.2, 0) is 9.53 Å². The maximum atomic E-state index is 13.1. The van der Waals surface area contributed by atoms with Gasteiger partial charge in [0.1, 0.15) is 0 Å². The lowest BCUT2D eigenvalue weighted by Crippen LogP contribution is -2.64. The number of hydrogen-bond donors (Lipinski definition) is 0. The minimum atomic E-state index is -4.18. The van der Waals surface area contributed by atoms with Gasteiger partial charge in [0.05, 0.1) is 12.0 Å². The van der Waals surface area contributed by atoms with Crippen molar-refractivity contribution >= 4 is 5.91 Å². The van der Waals surface area contributed by atoms with E-state index in [0.29, 0.717) is 19.4 Å². The highest BCUT2D eigenvalue weighted by Crippen LogP contribution is 2.56. The summed E-state index contributed by atoms with van der Waals surface area (Å²) in [5.74, 6) is -1.88. The predicted molar refractivity (Wildman–Crippen MR) is 89.0 cm³/mol. The average molecular weight is 361 g/mol. The van der Waals surface area contributed by atoms with Crippen LogP contribution in [0.5, 0.6) is 0 Å². The van der Waals surface area contributed by atoms with Gasteiger partial charge in [-0.25, -0.2) is 0 Å². The van der Waals surface area contributed by atoms with E-state index in [1.165, 1.54) is 0 Å². The molecule has 0 bridgehead atoms. The Balaban J connectivity index is 1.66. The van der Waals surface area contributed by atoms with Crippen molar-refractivity contribution in [3.05, 3.63) is 0 Å². The van der Waals surface area contributed by atoms with Crippen molar-refractivity contribution < 1.29 is 22.7 Å². The molecule has 3 saturated carbocycles. The molecule has 0 aliphatic heterocycles. The van der Waals surface area contributed by atoms with Crippen molar-refractivity contribution in [2.45, 2.75) is 83.0 Å². The van der Waals surface area contributed by atoms with E-state index >= 15 is 0 Å². The van der Waals surface area contributed by atoms with E-state index in [1.54, 1.807) is 11.9 Å².